The summed E-state index contributed by atoms with van der Waals surface area (Å²) in [5.41, 5.74) is 4.24. The molecule has 106 valence electrons. The number of hydrogen-bond acceptors (Lipinski definition) is 4. The molecule has 3 amide bonds. The lowest BCUT2D eigenvalue weighted by molar-refractivity contribution is -0.143. The second-order valence-electron chi connectivity index (χ2n) is 5.07. The molecule has 1 aromatic carbocycles. The summed E-state index contributed by atoms with van der Waals surface area (Å²) in [7, 11) is 0. The third kappa shape index (κ3) is 2.22. The van der Waals surface area contributed by atoms with E-state index in [1.165, 1.54) is 26.0 Å². The smallest absolute Gasteiger partial charge is 0.258 e. The predicted octanol–water partition coefficient (Wildman–Crippen LogP) is 0.285. The van der Waals surface area contributed by atoms with Gasteiger partial charge in [0.05, 0.1) is 5.56 Å². The molecule has 1 aliphatic rings. The van der Waals surface area contributed by atoms with Gasteiger partial charge in [-0.25, -0.2) is 4.39 Å². The fourth-order valence-electron chi connectivity index (χ4n) is 1.96. The Hall–Kier alpha value is -2.44. The highest BCUT2D eigenvalue weighted by molar-refractivity contribution is 6.09. The summed E-state index contributed by atoms with van der Waals surface area (Å²) in [6.45, 7) is 2.65. The van der Waals surface area contributed by atoms with Crippen molar-refractivity contribution in [3.05, 3.63) is 29.6 Å². The van der Waals surface area contributed by atoms with Gasteiger partial charge in [-0.2, -0.15) is 0 Å². The Balaban J connectivity index is 2.43. The number of imide groups is 1. The van der Waals surface area contributed by atoms with Crippen molar-refractivity contribution in [2.24, 2.45) is 0 Å². The Morgan fingerprint density at radius 1 is 1.40 bits per heavy atom. The number of anilines is 1. The zero-order valence-electron chi connectivity index (χ0n) is 11.1. The molecule has 2 rings (SSSR count). The zero-order chi connectivity index (χ0) is 15.1. The number of carbonyl (C=O) groups excluding carboxylic acids is 3. The van der Waals surface area contributed by atoms with Crippen LogP contribution in [-0.4, -0.2) is 34.7 Å². The number of halogens is 1. The van der Waals surface area contributed by atoms with E-state index in [0.717, 1.165) is 11.0 Å². The van der Waals surface area contributed by atoms with Gasteiger partial charge in [0.1, 0.15) is 17.9 Å². The zero-order valence-corrected chi connectivity index (χ0v) is 11.1. The van der Waals surface area contributed by atoms with E-state index in [9.17, 15) is 18.8 Å². The molecule has 1 fully saturated rings. The molecule has 0 atom stereocenters. The maximum Gasteiger partial charge on any atom is 0.258 e. The van der Waals surface area contributed by atoms with Crippen LogP contribution in [0.25, 0.3) is 0 Å². The number of carbonyl (C=O) groups is 3. The number of amides is 3. The molecule has 1 saturated heterocycles. The lowest BCUT2D eigenvalue weighted by Gasteiger charge is -2.40. The summed E-state index contributed by atoms with van der Waals surface area (Å²) in [6, 6.07) is 3.58. The third-order valence-electron chi connectivity index (χ3n) is 3.25. The summed E-state index contributed by atoms with van der Waals surface area (Å²) in [4.78, 5) is 36.6. The molecule has 0 spiro atoms. The Bertz CT molecular complexity index is 613. The van der Waals surface area contributed by atoms with Crippen molar-refractivity contribution in [3.63, 3.8) is 0 Å². The molecule has 1 aliphatic heterocycles. The van der Waals surface area contributed by atoms with Crippen LogP contribution in [0.3, 0.4) is 0 Å². The topological polar surface area (TPSA) is 92.5 Å². The number of nitrogens with two attached hydrogens (primary N) is 1. The Morgan fingerprint density at radius 2 is 2.05 bits per heavy atom. The molecule has 0 unspecified atom stereocenters. The van der Waals surface area contributed by atoms with Gasteiger partial charge in [-0.3, -0.25) is 19.7 Å². The summed E-state index contributed by atoms with van der Waals surface area (Å²) in [6.07, 6.45) is 0. The maximum absolute atomic E-state index is 13.7. The minimum Gasteiger partial charge on any atom is -0.399 e. The van der Waals surface area contributed by atoms with Crippen LogP contribution < -0.4 is 11.1 Å². The lowest BCUT2D eigenvalue weighted by Crippen LogP contribution is -2.65. The van der Waals surface area contributed by atoms with Gasteiger partial charge in [0.15, 0.2) is 0 Å². The third-order valence-corrected chi connectivity index (χ3v) is 3.25. The van der Waals surface area contributed by atoms with E-state index in [1.807, 2.05) is 0 Å². The van der Waals surface area contributed by atoms with Crippen LogP contribution in [0.15, 0.2) is 18.2 Å². The normalized spacial score (nSPS) is 17.9. The molecule has 7 heteroatoms. The summed E-state index contributed by atoms with van der Waals surface area (Å²) in [5, 5.41) is 2.14. The Kier molecular flexibility index (Phi) is 3.21. The molecular weight excluding hydrogens is 265 g/mol. The first-order chi connectivity index (χ1) is 9.23. The maximum atomic E-state index is 13.7. The van der Waals surface area contributed by atoms with Gasteiger partial charge in [-0.05, 0) is 32.0 Å². The Morgan fingerprint density at radius 3 is 2.70 bits per heavy atom. The molecule has 0 saturated carbocycles. The highest BCUT2D eigenvalue weighted by Gasteiger charge is 2.44. The van der Waals surface area contributed by atoms with Gasteiger partial charge in [0, 0.05) is 5.69 Å². The first kappa shape index (κ1) is 14.0. The predicted molar refractivity (Wildman–Crippen MR) is 69.1 cm³/mol. The van der Waals surface area contributed by atoms with Crippen LogP contribution in [0.5, 0.6) is 0 Å². The van der Waals surface area contributed by atoms with Crippen molar-refractivity contribution >= 4 is 23.4 Å². The van der Waals surface area contributed by atoms with Gasteiger partial charge in [-0.1, -0.05) is 0 Å². The Labute approximate surface area is 114 Å². The quantitative estimate of drug-likeness (QED) is 0.570. The van der Waals surface area contributed by atoms with E-state index in [0.29, 0.717) is 0 Å². The SMILES string of the molecule is CC1(C)C(=O)NC(=O)CN1C(=O)c1cc(N)ccc1F. The monoisotopic (exact) mass is 279 g/mol. The summed E-state index contributed by atoms with van der Waals surface area (Å²) in [5.74, 6) is -2.71. The van der Waals surface area contributed by atoms with Crippen LogP contribution in [0.4, 0.5) is 10.1 Å². The number of rotatable bonds is 1. The van der Waals surface area contributed by atoms with Gasteiger partial charge in [0.2, 0.25) is 5.91 Å². The minimum absolute atomic E-state index is 0.223. The first-order valence-electron chi connectivity index (χ1n) is 5.95. The van der Waals surface area contributed by atoms with Crippen LogP contribution >= 0.6 is 0 Å². The average molecular weight is 279 g/mol. The van der Waals surface area contributed by atoms with Crippen LogP contribution in [-0.2, 0) is 9.59 Å². The van der Waals surface area contributed by atoms with Gasteiger partial charge in [-0.15, -0.1) is 0 Å². The lowest BCUT2D eigenvalue weighted by atomic mass is 9.97. The van der Waals surface area contributed by atoms with Crippen molar-refractivity contribution in [3.8, 4) is 0 Å². The molecule has 6 nitrogen and oxygen atoms in total. The molecule has 0 radical (unpaired) electrons. The molecule has 0 aliphatic carbocycles. The van der Waals surface area contributed by atoms with Crippen molar-refractivity contribution in [2.75, 3.05) is 12.3 Å². The number of benzene rings is 1. The number of nitrogens with zero attached hydrogens (tertiary/aromatic N) is 1. The van der Waals surface area contributed by atoms with E-state index < -0.39 is 29.1 Å². The molecule has 1 aromatic rings. The van der Waals surface area contributed by atoms with Crippen molar-refractivity contribution < 1.29 is 18.8 Å². The number of hydrogen-bond donors (Lipinski definition) is 2. The fourth-order valence-corrected chi connectivity index (χ4v) is 1.96. The average Bonchev–Trinajstić information content (AvgIpc) is 2.36. The van der Waals surface area contributed by atoms with E-state index >= 15 is 0 Å². The minimum atomic E-state index is -1.25. The van der Waals surface area contributed by atoms with Gasteiger partial charge < -0.3 is 10.6 Å². The van der Waals surface area contributed by atoms with Crippen LogP contribution in [0, 0.1) is 5.82 Å². The number of nitrogens with one attached hydrogen (secondary N) is 1. The fraction of sp³-hybridized carbons (Fsp3) is 0.308. The van der Waals surface area contributed by atoms with E-state index in [4.69, 9.17) is 5.73 Å². The second-order valence-corrected chi connectivity index (χ2v) is 5.07. The van der Waals surface area contributed by atoms with Gasteiger partial charge in [0.25, 0.3) is 11.8 Å². The molecular formula is C13H14FN3O3. The molecule has 3 N–H and O–H groups in total. The van der Waals surface area contributed by atoms with Crippen LogP contribution in [0.1, 0.15) is 24.2 Å². The molecule has 20 heavy (non-hydrogen) atoms. The van der Waals surface area contributed by atoms with Crippen molar-refractivity contribution in [1.82, 2.24) is 10.2 Å². The highest BCUT2D eigenvalue weighted by atomic mass is 19.1. The van der Waals surface area contributed by atoms with Gasteiger partial charge >= 0.3 is 0 Å². The van der Waals surface area contributed by atoms with Crippen LogP contribution in [0.2, 0.25) is 0 Å². The van der Waals surface area contributed by atoms with E-state index in [1.54, 1.807) is 0 Å². The molecule has 0 aromatic heterocycles. The highest BCUT2D eigenvalue weighted by Crippen LogP contribution is 2.23. The second kappa shape index (κ2) is 4.59. The standard InChI is InChI=1S/C13H14FN3O3/c1-13(2)12(20)16-10(18)6-17(13)11(19)8-5-7(15)3-4-9(8)14/h3-5H,6,15H2,1-2H3,(H,16,18,20). The van der Waals surface area contributed by atoms with E-state index in [2.05, 4.69) is 5.32 Å². The first-order valence-corrected chi connectivity index (χ1v) is 5.95. The number of piperazine rings is 1. The van der Waals surface area contributed by atoms with Crippen molar-refractivity contribution in [2.45, 2.75) is 19.4 Å². The number of nitrogen functional groups attached to an aromatic ring is 1. The largest absolute Gasteiger partial charge is 0.399 e. The summed E-state index contributed by atoms with van der Waals surface area (Å²) >= 11 is 0. The summed E-state index contributed by atoms with van der Waals surface area (Å²) < 4.78 is 13.7. The molecule has 1 heterocycles. The van der Waals surface area contributed by atoms with E-state index in [-0.39, 0.29) is 17.8 Å². The van der Waals surface area contributed by atoms with Crippen molar-refractivity contribution in [1.29, 1.82) is 0 Å². The molecule has 0 bridgehead atoms.